The first-order valence-electron chi connectivity index (χ1n) is 6.89. The SMILES string of the molecule is Cc1ccc(S(=O)(=O)NC2/C=C\C(Cl)CCCC2)cc1. The van der Waals surface area contributed by atoms with E-state index in [9.17, 15) is 8.42 Å². The average Bonchev–Trinajstić information content (AvgIpc) is 2.38. The Morgan fingerprint density at radius 2 is 1.75 bits per heavy atom. The number of rotatable bonds is 3. The summed E-state index contributed by atoms with van der Waals surface area (Å²) in [6, 6.07) is 6.70. The number of hydrogen-bond acceptors (Lipinski definition) is 2. The zero-order valence-electron chi connectivity index (χ0n) is 11.5. The van der Waals surface area contributed by atoms with E-state index in [0.717, 1.165) is 31.2 Å². The Bertz CT molecular complexity index is 566. The van der Waals surface area contributed by atoms with E-state index in [-0.39, 0.29) is 11.4 Å². The smallest absolute Gasteiger partial charge is 0.207 e. The number of halogens is 1. The molecule has 1 aromatic rings. The molecule has 0 bridgehead atoms. The van der Waals surface area contributed by atoms with Gasteiger partial charge in [0, 0.05) is 6.04 Å². The van der Waals surface area contributed by atoms with Crippen molar-refractivity contribution in [3.8, 4) is 0 Å². The van der Waals surface area contributed by atoms with Crippen LogP contribution in [0.15, 0.2) is 41.3 Å². The Labute approximate surface area is 126 Å². The molecular formula is C15H20ClNO2S. The fraction of sp³-hybridized carbons (Fsp3) is 0.467. The van der Waals surface area contributed by atoms with Crippen molar-refractivity contribution in [2.75, 3.05) is 0 Å². The van der Waals surface area contributed by atoms with Gasteiger partial charge in [-0.1, -0.05) is 42.7 Å². The van der Waals surface area contributed by atoms with Crippen molar-refractivity contribution < 1.29 is 8.42 Å². The molecule has 20 heavy (non-hydrogen) atoms. The lowest BCUT2D eigenvalue weighted by molar-refractivity contribution is 0.538. The maximum absolute atomic E-state index is 12.3. The van der Waals surface area contributed by atoms with Gasteiger partial charge in [0.1, 0.15) is 0 Å². The molecule has 110 valence electrons. The Kier molecular flexibility index (Phi) is 5.24. The van der Waals surface area contributed by atoms with Crippen molar-refractivity contribution in [1.82, 2.24) is 4.72 Å². The van der Waals surface area contributed by atoms with Crippen LogP contribution in [-0.2, 0) is 10.0 Å². The first-order valence-corrected chi connectivity index (χ1v) is 8.81. The van der Waals surface area contributed by atoms with Gasteiger partial charge < -0.3 is 0 Å². The van der Waals surface area contributed by atoms with Crippen molar-refractivity contribution in [3.05, 3.63) is 42.0 Å². The third-order valence-corrected chi connectivity index (χ3v) is 5.30. The van der Waals surface area contributed by atoms with E-state index in [2.05, 4.69) is 4.72 Å². The summed E-state index contributed by atoms with van der Waals surface area (Å²) in [6.07, 6.45) is 7.54. The van der Waals surface area contributed by atoms with Crippen LogP contribution < -0.4 is 4.72 Å². The summed E-state index contributed by atoms with van der Waals surface area (Å²) >= 11 is 6.10. The van der Waals surface area contributed by atoms with E-state index in [1.807, 2.05) is 19.1 Å². The maximum atomic E-state index is 12.3. The molecule has 1 aliphatic rings. The third kappa shape index (κ3) is 4.33. The highest BCUT2D eigenvalue weighted by Crippen LogP contribution is 2.18. The standard InChI is InChI=1S/C15H20ClNO2S/c1-12-6-10-15(11-7-12)20(18,19)17-14-5-3-2-4-13(16)8-9-14/h6-11,13-14,17H,2-5H2,1H3/b9-8-. The highest BCUT2D eigenvalue weighted by Gasteiger charge is 2.19. The van der Waals surface area contributed by atoms with E-state index < -0.39 is 10.0 Å². The van der Waals surface area contributed by atoms with Gasteiger partial charge in [0.25, 0.3) is 0 Å². The number of benzene rings is 1. The van der Waals surface area contributed by atoms with Crippen LogP contribution >= 0.6 is 11.6 Å². The first kappa shape index (κ1) is 15.5. The predicted molar refractivity (Wildman–Crippen MR) is 82.5 cm³/mol. The largest absolute Gasteiger partial charge is 0.241 e. The molecule has 1 aromatic carbocycles. The normalized spacial score (nSPS) is 25.7. The van der Waals surface area contributed by atoms with Gasteiger partial charge in [-0.25, -0.2) is 13.1 Å². The minimum absolute atomic E-state index is 0.00155. The molecule has 0 aromatic heterocycles. The lowest BCUT2D eigenvalue weighted by Crippen LogP contribution is -2.34. The van der Waals surface area contributed by atoms with Crippen LogP contribution in [0.3, 0.4) is 0 Å². The van der Waals surface area contributed by atoms with E-state index >= 15 is 0 Å². The van der Waals surface area contributed by atoms with Crippen LogP contribution in [0, 0.1) is 6.92 Å². The molecule has 5 heteroatoms. The van der Waals surface area contributed by atoms with Gasteiger partial charge in [0.15, 0.2) is 0 Å². The molecule has 0 radical (unpaired) electrons. The number of sulfonamides is 1. The summed E-state index contributed by atoms with van der Waals surface area (Å²) in [6.45, 7) is 1.93. The van der Waals surface area contributed by atoms with Crippen LogP contribution in [0.1, 0.15) is 31.2 Å². The Balaban J connectivity index is 2.12. The molecule has 2 rings (SSSR count). The van der Waals surface area contributed by atoms with Crippen molar-refractivity contribution in [1.29, 1.82) is 0 Å². The van der Waals surface area contributed by atoms with Crippen LogP contribution in [-0.4, -0.2) is 19.8 Å². The van der Waals surface area contributed by atoms with Crippen LogP contribution in [0.25, 0.3) is 0 Å². The lowest BCUT2D eigenvalue weighted by atomic mass is 10.0. The maximum Gasteiger partial charge on any atom is 0.241 e. The monoisotopic (exact) mass is 313 g/mol. The molecule has 3 nitrogen and oxygen atoms in total. The van der Waals surface area contributed by atoms with Crippen LogP contribution in [0.5, 0.6) is 0 Å². The van der Waals surface area contributed by atoms with Gasteiger partial charge in [-0.3, -0.25) is 0 Å². The minimum atomic E-state index is -3.47. The topological polar surface area (TPSA) is 46.2 Å². The highest BCUT2D eigenvalue weighted by molar-refractivity contribution is 7.89. The van der Waals surface area contributed by atoms with Gasteiger partial charge in [-0.05, 0) is 31.9 Å². The fourth-order valence-corrected chi connectivity index (χ4v) is 3.70. The molecule has 1 aliphatic carbocycles. The van der Waals surface area contributed by atoms with E-state index in [0.29, 0.717) is 4.90 Å². The van der Waals surface area contributed by atoms with Crippen LogP contribution in [0.2, 0.25) is 0 Å². The minimum Gasteiger partial charge on any atom is -0.207 e. The Morgan fingerprint density at radius 3 is 2.45 bits per heavy atom. The fourth-order valence-electron chi connectivity index (χ4n) is 2.23. The second kappa shape index (κ2) is 6.74. The summed E-state index contributed by atoms with van der Waals surface area (Å²) in [5.41, 5.74) is 1.04. The van der Waals surface area contributed by atoms with Gasteiger partial charge >= 0.3 is 0 Å². The number of nitrogens with one attached hydrogen (secondary N) is 1. The Morgan fingerprint density at radius 1 is 1.10 bits per heavy atom. The highest BCUT2D eigenvalue weighted by atomic mass is 35.5. The van der Waals surface area contributed by atoms with Crippen molar-refractivity contribution in [2.45, 2.75) is 48.9 Å². The Hall–Kier alpha value is -0.840. The molecular weight excluding hydrogens is 294 g/mol. The lowest BCUT2D eigenvalue weighted by Gasteiger charge is -2.18. The molecule has 2 unspecified atom stereocenters. The predicted octanol–water partition coefficient (Wildman–Crippen LogP) is 3.38. The molecule has 0 spiro atoms. The molecule has 0 amide bonds. The first-order chi connectivity index (χ1) is 9.47. The zero-order chi connectivity index (χ0) is 14.6. The van der Waals surface area contributed by atoms with E-state index in [1.54, 1.807) is 24.3 Å². The molecule has 2 atom stereocenters. The van der Waals surface area contributed by atoms with Crippen molar-refractivity contribution >= 4 is 21.6 Å². The van der Waals surface area contributed by atoms with E-state index in [1.165, 1.54) is 0 Å². The zero-order valence-corrected chi connectivity index (χ0v) is 13.1. The van der Waals surface area contributed by atoms with Gasteiger partial charge in [-0.15, -0.1) is 11.6 Å². The van der Waals surface area contributed by atoms with Gasteiger partial charge in [0.05, 0.1) is 10.3 Å². The van der Waals surface area contributed by atoms with E-state index in [4.69, 9.17) is 11.6 Å². The third-order valence-electron chi connectivity index (χ3n) is 3.44. The molecule has 0 aliphatic heterocycles. The summed E-state index contributed by atoms with van der Waals surface area (Å²) in [4.78, 5) is 0.306. The van der Waals surface area contributed by atoms with Gasteiger partial charge in [-0.2, -0.15) is 0 Å². The van der Waals surface area contributed by atoms with Crippen LogP contribution in [0.4, 0.5) is 0 Å². The van der Waals surface area contributed by atoms with Crippen molar-refractivity contribution in [3.63, 3.8) is 0 Å². The molecule has 0 heterocycles. The van der Waals surface area contributed by atoms with Gasteiger partial charge in [0.2, 0.25) is 10.0 Å². The molecule has 0 saturated carbocycles. The molecule has 0 fully saturated rings. The summed E-state index contributed by atoms with van der Waals surface area (Å²) in [5, 5.41) is 0.00155. The molecule has 1 N–H and O–H groups in total. The number of allylic oxidation sites excluding steroid dienone is 1. The quantitative estimate of drug-likeness (QED) is 0.687. The second-order valence-electron chi connectivity index (χ2n) is 5.23. The number of alkyl halides is 1. The second-order valence-corrected chi connectivity index (χ2v) is 7.50. The summed E-state index contributed by atoms with van der Waals surface area (Å²) < 4.78 is 27.4. The summed E-state index contributed by atoms with van der Waals surface area (Å²) in [5.74, 6) is 0. The number of hydrogen-bond donors (Lipinski definition) is 1. The molecule has 0 saturated heterocycles. The summed E-state index contributed by atoms with van der Waals surface area (Å²) in [7, 11) is -3.47. The number of aryl methyl sites for hydroxylation is 1. The van der Waals surface area contributed by atoms with Crippen molar-refractivity contribution in [2.24, 2.45) is 0 Å². The average molecular weight is 314 g/mol.